The Hall–Kier alpha value is -1.18. The zero-order chi connectivity index (χ0) is 15.9. The Morgan fingerprint density at radius 1 is 1.55 bits per heavy atom. The van der Waals surface area contributed by atoms with E-state index < -0.39 is 0 Å². The largest absolute Gasteiger partial charge is 0.507 e. The Bertz CT molecular complexity index is 560. The Balaban J connectivity index is 1.93. The third-order valence-electron chi connectivity index (χ3n) is 3.41. The molecular weight excluding hydrogens is 366 g/mol. The lowest BCUT2D eigenvalue weighted by molar-refractivity contribution is 0.114. The number of nitrogens with zero attached hydrogens (tertiary/aromatic N) is 1. The van der Waals surface area contributed by atoms with E-state index in [-0.39, 0.29) is 11.9 Å². The van der Waals surface area contributed by atoms with Gasteiger partial charge in [0.15, 0.2) is 5.11 Å². The molecule has 0 bridgehead atoms. The molecule has 1 aromatic carbocycles. The lowest BCUT2D eigenvalue weighted by Crippen LogP contribution is -2.37. The number of benzene rings is 1. The van der Waals surface area contributed by atoms with Gasteiger partial charge in [-0.15, -0.1) is 0 Å². The van der Waals surface area contributed by atoms with Crippen molar-refractivity contribution in [3.63, 3.8) is 0 Å². The third-order valence-corrected chi connectivity index (χ3v) is 4.14. The van der Waals surface area contributed by atoms with Crippen LogP contribution >= 0.6 is 28.1 Å². The maximum Gasteiger partial charge on any atom is 0.187 e. The van der Waals surface area contributed by atoms with Gasteiger partial charge < -0.3 is 15.2 Å². The van der Waals surface area contributed by atoms with Gasteiger partial charge in [0.1, 0.15) is 5.75 Å². The third kappa shape index (κ3) is 4.93. The summed E-state index contributed by atoms with van der Waals surface area (Å²) in [6, 6.07) is 5.26. The number of rotatable bonds is 5. The van der Waals surface area contributed by atoms with Crippen LogP contribution in [0.15, 0.2) is 27.8 Å². The maximum absolute atomic E-state index is 9.95. The summed E-state index contributed by atoms with van der Waals surface area (Å²) in [7, 11) is 0. The van der Waals surface area contributed by atoms with Crippen LogP contribution in [0.25, 0.3) is 0 Å². The Labute approximate surface area is 144 Å². The van der Waals surface area contributed by atoms with E-state index in [9.17, 15) is 5.11 Å². The van der Waals surface area contributed by atoms with Gasteiger partial charge in [0.05, 0.1) is 11.8 Å². The van der Waals surface area contributed by atoms with Gasteiger partial charge >= 0.3 is 0 Å². The fourth-order valence-corrected chi connectivity index (χ4v) is 2.73. The normalized spacial score (nSPS) is 18.3. The van der Waals surface area contributed by atoms with E-state index in [2.05, 4.69) is 31.8 Å². The Morgan fingerprint density at radius 2 is 2.36 bits per heavy atom. The first-order chi connectivity index (χ1) is 10.6. The van der Waals surface area contributed by atoms with Crippen molar-refractivity contribution in [2.75, 3.05) is 13.2 Å². The van der Waals surface area contributed by atoms with Crippen molar-refractivity contribution >= 4 is 39.0 Å². The molecule has 1 heterocycles. The monoisotopic (exact) mass is 385 g/mol. The standard InChI is InChI=1S/C15H20BrN3O2S/c1-2-13(12-8-10(16)5-6-14(12)20)18-19-15(22)17-9-11-4-3-7-21-11/h5-6,8,11,20H,2-4,7,9H2,1H3,(H2,17,19,22)/b18-13+/t11-/m0/s1. The van der Waals surface area contributed by atoms with Gasteiger partial charge in [-0.1, -0.05) is 22.9 Å². The van der Waals surface area contributed by atoms with Crippen LogP contribution in [0.1, 0.15) is 31.7 Å². The topological polar surface area (TPSA) is 65.9 Å². The first-order valence-corrected chi connectivity index (χ1v) is 8.51. The second-order valence-electron chi connectivity index (χ2n) is 5.03. The molecule has 0 amide bonds. The molecule has 1 aromatic rings. The van der Waals surface area contributed by atoms with E-state index in [0.717, 1.165) is 29.6 Å². The maximum atomic E-state index is 9.95. The highest BCUT2D eigenvalue weighted by molar-refractivity contribution is 9.10. The average Bonchev–Trinajstić information content (AvgIpc) is 3.02. The van der Waals surface area contributed by atoms with E-state index in [1.165, 1.54) is 0 Å². The lowest BCUT2D eigenvalue weighted by atomic mass is 10.1. The van der Waals surface area contributed by atoms with E-state index in [1.807, 2.05) is 13.0 Å². The molecule has 1 fully saturated rings. The van der Waals surface area contributed by atoms with Crippen LogP contribution in [-0.4, -0.2) is 35.2 Å². The molecule has 5 nitrogen and oxygen atoms in total. The molecule has 22 heavy (non-hydrogen) atoms. The number of hydrogen-bond acceptors (Lipinski definition) is 4. The van der Waals surface area contributed by atoms with Crippen molar-refractivity contribution < 1.29 is 9.84 Å². The zero-order valence-corrected chi connectivity index (χ0v) is 14.8. The lowest BCUT2D eigenvalue weighted by Gasteiger charge is -2.13. The zero-order valence-electron chi connectivity index (χ0n) is 12.4. The number of phenolic OH excluding ortho intramolecular Hbond substituents is 1. The minimum Gasteiger partial charge on any atom is -0.507 e. The summed E-state index contributed by atoms with van der Waals surface area (Å²) in [6.45, 7) is 3.49. The predicted octanol–water partition coefficient (Wildman–Crippen LogP) is 2.91. The Kier molecular flexibility index (Phi) is 6.60. The smallest absolute Gasteiger partial charge is 0.187 e. The molecule has 0 saturated carbocycles. The first kappa shape index (κ1) is 17.2. The summed E-state index contributed by atoms with van der Waals surface area (Å²) in [5.41, 5.74) is 4.25. The van der Waals surface area contributed by atoms with Crippen molar-refractivity contribution in [1.29, 1.82) is 0 Å². The van der Waals surface area contributed by atoms with Gasteiger partial charge in [0.2, 0.25) is 0 Å². The molecule has 0 aliphatic carbocycles. The van der Waals surface area contributed by atoms with Crippen LogP contribution in [0.4, 0.5) is 0 Å². The minimum atomic E-state index is 0.198. The minimum absolute atomic E-state index is 0.198. The molecular formula is C15H20BrN3O2S. The van der Waals surface area contributed by atoms with Crippen LogP contribution < -0.4 is 10.7 Å². The second kappa shape index (κ2) is 8.45. The quantitative estimate of drug-likeness (QED) is 0.413. The van der Waals surface area contributed by atoms with Crippen molar-refractivity contribution in [1.82, 2.24) is 10.7 Å². The van der Waals surface area contributed by atoms with Crippen LogP contribution in [0.5, 0.6) is 5.75 Å². The van der Waals surface area contributed by atoms with Gasteiger partial charge in [0.25, 0.3) is 0 Å². The first-order valence-electron chi connectivity index (χ1n) is 7.31. The molecule has 0 unspecified atom stereocenters. The van der Waals surface area contributed by atoms with E-state index in [1.54, 1.807) is 12.1 Å². The summed E-state index contributed by atoms with van der Waals surface area (Å²) in [5, 5.41) is 17.8. The molecule has 1 aliphatic rings. The highest BCUT2D eigenvalue weighted by atomic mass is 79.9. The van der Waals surface area contributed by atoms with Gasteiger partial charge in [-0.05, 0) is 49.7 Å². The van der Waals surface area contributed by atoms with Gasteiger partial charge in [-0.3, -0.25) is 5.43 Å². The highest BCUT2D eigenvalue weighted by Crippen LogP contribution is 2.23. The van der Waals surface area contributed by atoms with E-state index in [0.29, 0.717) is 23.6 Å². The number of aromatic hydroxyl groups is 1. The van der Waals surface area contributed by atoms with Gasteiger partial charge in [0, 0.05) is 23.2 Å². The number of ether oxygens (including phenoxy) is 1. The Morgan fingerprint density at radius 3 is 3.05 bits per heavy atom. The van der Waals surface area contributed by atoms with Crippen molar-refractivity contribution in [3.05, 3.63) is 28.2 Å². The van der Waals surface area contributed by atoms with E-state index >= 15 is 0 Å². The number of hydrazone groups is 1. The van der Waals surface area contributed by atoms with Crippen molar-refractivity contribution in [3.8, 4) is 5.75 Å². The van der Waals surface area contributed by atoms with Crippen LogP contribution in [0.3, 0.4) is 0 Å². The molecule has 1 aliphatic heterocycles. The number of nitrogens with one attached hydrogen (secondary N) is 2. The van der Waals surface area contributed by atoms with Gasteiger partial charge in [-0.2, -0.15) is 5.10 Å². The summed E-state index contributed by atoms with van der Waals surface area (Å²) in [5.74, 6) is 0.198. The van der Waals surface area contributed by atoms with Crippen molar-refractivity contribution in [2.45, 2.75) is 32.3 Å². The molecule has 0 aromatic heterocycles. The summed E-state index contributed by atoms with van der Waals surface area (Å²) in [4.78, 5) is 0. The number of phenols is 1. The summed E-state index contributed by atoms with van der Waals surface area (Å²) >= 11 is 8.60. The fourth-order valence-electron chi connectivity index (χ4n) is 2.24. The molecule has 1 saturated heterocycles. The molecule has 1 atom stereocenters. The summed E-state index contributed by atoms with van der Waals surface area (Å²) < 4.78 is 6.41. The molecule has 0 radical (unpaired) electrons. The van der Waals surface area contributed by atoms with Crippen LogP contribution in [-0.2, 0) is 4.74 Å². The number of thiocarbonyl (C=S) groups is 1. The van der Waals surface area contributed by atoms with Crippen LogP contribution in [0.2, 0.25) is 0 Å². The average molecular weight is 386 g/mol. The molecule has 7 heteroatoms. The predicted molar refractivity (Wildman–Crippen MR) is 95.3 cm³/mol. The fraction of sp³-hybridized carbons (Fsp3) is 0.467. The van der Waals surface area contributed by atoms with E-state index in [4.69, 9.17) is 17.0 Å². The molecule has 2 rings (SSSR count). The van der Waals surface area contributed by atoms with Gasteiger partial charge in [-0.25, -0.2) is 0 Å². The number of hydrogen-bond donors (Lipinski definition) is 3. The van der Waals surface area contributed by atoms with Crippen LogP contribution in [0, 0.1) is 0 Å². The number of halogens is 1. The molecule has 120 valence electrons. The summed E-state index contributed by atoms with van der Waals surface area (Å²) in [6.07, 6.45) is 3.06. The SMILES string of the molecule is CC/C(=N\NC(=S)NC[C@@H]1CCCO1)c1cc(Br)ccc1O. The van der Waals surface area contributed by atoms with Crippen molar-refractivity contribution in [2.24, 2.45) is 5.10 Å². The highest BCUT2D eigenvalue weighted by Gasteiger charge is 2.15. The second-order valence-corrected chi connectivity index (χ2v) is 6.35. The molecule has 0 spiro atoms. The molecule has 3 N–H and O–H groups in total.